The molecule has 0 aromatic heterocycles. The molecule has 92 valence electrons. The molecule has 0 bridgehead atoms. The van der Waals surface area contributed by atoms with Gasteiger partial charge in [-0.25, -0.2) is 0 Å². The minimum absolute atomic E-state index is 0.107. The highest BCUT2D eigenvalue weighted by atomic mass is 127. The van der Waals surface area contributed by atoms with Gasteiger partial charge in [-0.15, -0.1) is 0 Å². The third-order valence-corrected chi connectivity index (χ3v) is 3.80. The standard InChI is InChI=1S/C13H16INO2/c1-15(12-5-7-17-8-6-12)13(16)10-3-2-4-11(14)9-10/h2-4,9,12H,5-8H2,1H3. The number of ether oxygens (including phenoxy) is 1. The molecular formula is C13H16INO2. The second-order valence-corrected chi connectivity index (χ2v) is 5.52. The van der Waals surface area contributed by atoms with Gasteiger partial charge in [-0.1, -0.05) is 6.07 Å². The fourth-order valence-electron chi connectivity index (χ4n) is 2.06. The summed E-state index contributed by atoms with van der Waals surface area (Å²) in [6, 6.07) is 8.03. The number of halogens is 1. The van der Waals surface area contributed by atoms with Crippen LogP contribution in [0.5, 0.6) is 0 Å². The van der Waals surface area contributed by atoms with Crippen molar-refractivity contribution in [2.24, 2.45) is 0 Å². The van der Waals surface area contributed by atoms with E-state index in [0.717, 1.165) is 35.2 Å². The lowest BCUT2D eigenvalue weighted by Gasteiger charge is -2.31. The quantitative estimate of drug-likeness (QED) is 0.771. The predicted octanol–water partition coefficient (Wildman–Crippen LogP) is 2.54. The molecule has 1 aliphatic rings. The lowest BCUT2D eigenvalue weighted by Crippen LogP contribution is -2.40. The third-order valence-electron chi connectivity index (χ3n) is 3.13. The Hall–Kier alpha value is -0.620. The fraction of sp³-hybridized carbons (Fsp3) is 0.462. The number of carbonyl (C=O) groups excluding carboxylic acids is 1. The fourth-order valence-corrected chi connectivity index (χ4v) is 2.61. The summed E-state index contributed by atoms with van der Waals surface area (Å²) in [4.78, 5) is 14.1. The van der Waals surface area contributed by atoms with Crippen LogP contribution in [-0.2, 0) is 4.74 Å². The SMILES string of the molecule is CN(C(=O)c1cccc(I)c1)C1CCOCC1. The maximum absolute atomic E-state index is 12.3. The zero-order valence-electron chi connectivity index (χ0n) is 9.86. The molecule has 0 N–H and O–H groups in total. The van der Waals surface area contributed by atoms with Crippen molar-refractivity contribution in [3.8, 4) is 0 Å². The molecule has 1 amide bonds. The maximum atomic E-state index is 12.3. The van der Waals surface area contributed by atoms with Crippen molar-refractivity contribution in [2.45, 2.75) is 18.9 Å². The largest absolute Gasteiger partial charge is 0.381 e. The van der Waals surface area contributed by atoms with E-state index in [2.05, 4.69) is 22.6 Å². The average Bonchev–Trinajstić information content (AvgIpc) is 2.38. The molecule has 0 unspecified atom stereocenters. The Morgan fingerprint density at radius 1 is 1.41 bits per heavy atom. The molecule has 0 spiro atoms. The summed E-state index contributed by atoms with van der Waals surface area (Å²) in [7, 11) is 1.89. The molecule has 17 heavy (non-hydrogen) atoms. The summed E-state index contributed by atoms with van der Waals surface area (Å²) < 4.78 is 6.41. The van der Waals surface area contributed by atoms with Gasteiger partial charge in [-0.3, -0.25) is 4.79 Å². The highest BCUT2D eigenvalue weighted by Gasteiger charge is 2.23. The number of amides is 1. The van der Waals surface area contributed by atoms with Crippen molar-refractivity contribution >= 4 is 28.5 Å². The number of rotatable bonds is 2. The summed E-state index contributed by atoms with van der Waals surface area (Å²) >= 11 is 2.23. The van der Waals surface area contributed by atoms with Crippen molar-refractivity contribution in [3.05, 3.63) is 33.4 Å². The number of hydrogen-bond donors (Lipinski definition) is 0. The summed E-state index contributed by atoms with van der Waals surface area (Å²) in [6.45, 7) is 1.52. The zero-order chi connectivity index (χ0) is 12.3. The molecule has 2 rings (SSSR count). The maximum Gasteiger partial charge on any atom is 0.253 e. The first kappa shape index (κ1) is 12.8. The van der Waals surface area contributed by atoms with E-state index < -0.39 is 0 Å². The van der Waals surface area contributed by atoms with Crippen LogP contribution in [0.4, 0.5) is 0 Å². The first-order valence-electron chi connectivity index (χ1n) is 5.79. The van der Waals surface area contributed by atoms with Gasteiger partial charge in [0.1, 0.15) is 0 Å². The van der Waals surface area contributed by atoms with E-state index in [1.165, 1.54) is 0 Å². The second-order valence-electron chi connectivity index (χ2n) is 4.27. The minimum atomic E-state index is 0.107. The monoisotopic (exact) mass is 345 g/mol. The van der Waals surface area contributed by atoms with Gasteiger partial charge in [0.15, 0.2) is 0 Å². The van der Waals surface area contributed by atoms with E-state index in [9.17, 15) is 4.79 Å². The molecule has 0 atom stereocenters. The molecule has 1 heterocycles. The van der Waals surface area contributed by atoms with Crippen molar-refractivity contribution in [1.82, 2.24) is 4.90 Å². The van der Waals surface area contributed by atoms with Crippen molar-refractivity contribution < 1.29 is 9.53 Å². The second kappa shape index (κ2) is 5.82. The summed E-state index contributed by atoms with van der Waals surface area (Å²) in [5, 5.41) is 0. The highest BCUT2D eigenvalue weighted by Crippen LogP contribution is 2.16. The van der Waals surface area contributed by atoms with E-state index in [0.29, 0.717) is 6.04 Å². The smallest absolute Gasteiger partial charge is 0.253 e. The first-order chi connectivity index (χ1) is 8.18. The lowest BCUT2D eigenvalue weighted by molar-refractivity contribution is 0.0362. The van der Waals surface area contributed by atoms with Crippen LogP contribution in [0.1, 0.15) is 23.2 Å². The van der Waals surface area contributed by atoms with Gasteiger partial charge < -0.3 is 9.64 Å². The topological polar surface area (TPSA) is 29.5 Å². The Morgan fingerprint density at radius 2 is 2.12 bits per heavy atom. The third kappa shape index (κ3) is 3.19. The zero-order valence-corrected chi connectivity index (χ0v) is 12.0. The molecule has 0 saturated carbocycles. The van der Waals surface area contributed by atoms with Gasteiger partial charge in [0, 0.05) is 35.4 Å². The predicted molar refractivity (Wildman–Crippen MR) is 75.1 cm³/mol. The normalized spacial score (nSPS) is 16.8. The van der Waals surface area contributed by atoms with Crippen LogP contribution >= 0.6 is 22.6 Å². The molecule has 1 fully saturated rings. The van der Waals surface area contributed by atoms with Crippen LogP contribution in [0, 0.1) is 3.57 Å². The molecule has 1 aliphatic heterocycles. The van der Waals surface area contributed by atoms with Crippen molar-refractivity contribution in [2.75, 3.05) is 20.3 Å². The minimum Gasteiger partial charge on any atom is -0.381 e. The van der Waals surface area contributed by atoms with Crippen molar-refractivity contribution in [3.63, 3.8) is 0 Å². The summed E-state index contributed by atoms with van der Waals surface area (Å²) in [5.74, 6) is 0.107. The van der Waals surface area contributed by atoms with Crippen molar-refractivity contribution in [1.29, 1.82) is 0 Å². The van der Waals surface area contributed by atoms with Gasteiger partial charge in [0.2, 0.25) is 0 Å². The first-order valence-corrected chi connectivity index (χ1v) is 6.87. The molecule has 3 nitrogen and oxygen atoms in total. The Bertz CT molecular complexity index is 402. The lowest BCUT2D eigenvalue weighted by atomic mass is 10.1. The Labute approximate surface area is 115 Å². The van der Waals surface area contributed by atoms with Crippen LogP contribution in [0.25, 0.3) is 0 Å². The Kier molecular flexibility index (Phi) is 4.39. The van der Waals surface area contributed by atoms with Crippen LogP contribution in [0.3, 0.4) is 0 Å². The van der Waals surface area contributed by atoms with Gasteiger partial charge >= 0.3 is 0 Å². The van der Waals surface area contributed by atoms with E-state index >= 15 is 0 Å². The van der Waals surface area contributed by atoms with Gasteiger partial charge in [-0.05, 0) is 53.6 Å². The Morgan fingerprint density at radius 3 is 2.76 bits per heavy atom. The number of benzene rings is 1. The molecular weight excluding hydrogens is 329 g/mol. The number of hydrogen-bond acceptors (Lipinski definition) is 2. The summed E-state index contributed by atoms with van der Waals surface area (Å²) in [5.41, 5.74) is 0.769. The highest BCUT2D eigenvalue weighted by molar-refractivity contribution is 14.1. The average molecular weight is 345 g/mol. The molecule has 4 heteroatoms. The Balaban J connectivity index is 2.08. The van der Waals surface area contributed by atoms with Crippen LogP contribution in [-0.4, -0.2) is 37.1 Å². The molecule has 0 aliphatic carbocycles. The van der Waals surface area contributed by atoms with Gasteiger partial charge in [0.05, 0.1) is 0 Å². The van der Waals surface area contributed by atoms with Gasteiger partial charge in [-0.2, -0.15) is 0 Å². The van der Waals surface area contributed by atoms with Crippen LogP contribution in [0.15, 0.2) is 24.3 Å². The van der Waals surface area contributed by atoms with E-state index in [-0.39, 0.29) is 5.91 Å². The molecule has 1 saturated heterocycles. The van der Waals surface area contributed by atoms with E-state index in [1.54, 1.807) is 0 Å². The van der Waals surface area contributed by atoms with E-state index in [1.807, 2.05) is 36.2 Å². The van der Waals surface area contributed by atoms with Gasteiger partial charge in [0.25, 0.3) is 5.91 Å². The molecule has 0 radical (unpaired) electrons. The molecule has 1 aromatic carbocycles. The number of nitrogens with zero attached hydrogens (tertiary/aromatic N) is 1. The van der Waals surface area contributed by atoms with Crippen LogP contribution in [0.2, 0.25) is 0 Å². The molecule has 1 aromatic rings. The summed E-state index contributed by atoms with van der Waals surface area (Å²) in [6.07, 6.45) is 1.87. The van der Waals surface area contributed by atoms with E-state index in [4.69, 9.17) is 4.74 Å². The number of carbonyl (C=O) groups is 1. The van der Waals surface area contributed by atoms with Crippen LogP contribution < -0.4 is 0 Å².